The molecule has 0 aromatic rings. The van der Waals surface area contributed by atoms with Crippen LogP contribution in [0.4, 0.5) is 0 Å². The Morgan fingerprint density at radius 3 is 2.70 bits per heavy atom. The summed E-state index contributed by atoms with van der Waals surface area (Å²) >= 11 is 0. The predicted octanol–water partition coefficient (Wildman–Crippen LogP) is 4.77. The number of hydrogen-bond donors (Lipinski definition) is 0. The van der Waals surface area contributed by atoms with Crippen LogP contribution in [0, 0.1) is 34.5 Å². The molecule has 2 rings (SSSR count). The highest BCUT2D eigenvalue weighted by Crippen LogP contribution is 2.61. The first kappa shape index (κ1) is 15.4. The molecule has 0 bridgehead atoms. The van der Waals surface area contributed by atoms with Crippen molar-refractivity contribution in [2.75, 3.05) is 0 Å². The monoisotopic (exact) mass is 272 g/mol. The molecule has 0 N–H and O–H groups in total. The molecule has 110 valence electrons. The molecule has 1 heteroatoms. The molecule has 0 unspecified atom stereocenters. The molecule has 0 saturated heterocycles. The number of fused-ring (bicyclic) bond motifs is 1. The van der Waals surface area contributed by atoms with E-state index in [4.69, 9.17) is 0 Å². The second-order valence-corrected chi connectivity index (χ2v) is 7.65. The number of hydrogen-bond acceptors (Lipinski definition) is 1. The minimum absolute atomic E-state index is 0.0869. The van der Waals surface area contributed by atoms with Gasteiger partial charge in [0.2, 0.25) is 5.78 Å². The summed E-state index contributed by atoms with van der Waals surface area (Å²) < 4.78 is 0. The minimum Gasteiger partial charge on any atom is -0.285 e. The summed E-state index contributed by atoms with van der Waals surface area (Å²) in [4.78, 5) is 12.0. The van der Waals surface area contributed by atoms with Crippen LogP contribution in [0.2, 0.25) is 0 Å². The van der Waals surface area contributed by atoms with Gasteiger partial charge in [0.25, 0.3) is 0 Å². The van der Waals surface area contributed by atoms with Crippen LogP contribution in [-0.4, -0.2) is 5.78 Å². The maximum absolute atomic E-state index is 12.0. The van der Waals surface area contributed by atoms with E-state index < -0.39 is 0 Å². The molecular weight excluding hydrogens is 244 g/mol. The third-order valence-electron chi connectivity index (χ3n) is 5.97. The molecule has 0 aromatic heterocycles. The first-order valence-corrected chi connectivity index (χ1v) is 7.94. The molecule has 0 amide bonds. The Balaban J connectivity index is 2.30. The molecule has 2 fully saturated rings. The average molecular weight is 272 g/mol. The van der Waals surface area contributed by atoms with Crippen molar-refractivity contribution < 1.29 is 4.79 Å². The van der Waals surface area contributed by atoms with Gasteiger partial charge in [0.1, 0.15) is 0 Å². The highest BCUT2D eigenvalue weighted by molar-refractivity contribution is 5.95. The van der Waals surface area contributed by atoms with Crippen LogP contribution in [0.25, 0.3) is 0 Å². The summed E-state index contributed by atoms with van der Waals surface area (Å²) in [6.45, 7) is 13.3. The molecular formula is C19H28O. The van der Waals surface area contributed by atoms with Crippen molar-refractivity contribution in [2.24, 2.45) is 22.7 Å². The van der Waals surface area contributed by atoms with Crippen LogP contribution in [-0.2, 0) is 4.79 Å². The zero-order valence-corrected chi connectivity index (χ0v) is 13.5. The number of allylic oxidation sites excluding steroid dienone is 1. The molecule has 0 aromatic carbocycles. The Labute approximate surface area is 124 Å². The third kappa shape index (κ3) is 2.58. The van der Waals surface area contributed by atoms with Gasteiger partial charge < -0.3 is 0 Å². The fourth-order valence-corrected chi connectivity index (χ4v) is 5.03. The van der Waals surface area contributed by atoms with Crippen LogP contribution < -0.4 is 0 Å². The van der Waals surface area contributed by atoms with E-state index in [1.54, 1.807) is 6.92 Å². The van der Waals surface area contributed by atoms with Crippen molar-refractivity contribution in [1.82, 2.24) is 0 Å². The van der Waals surface area contributed by atoms with E-state index in [0.29, 0.717) is 23.7 Å². The molecule has 2 saturated carbocycles. The number of rotatable bonds is 2. The lowest BCUT2D eigenvalue weighted by Crippen LogP contribution is -2.49. The molecule has 1 nitrogen and oxygen atoms in total. The fourth-order valence-electron chi connectivity index (χ4n) is 5.03. The Bertz CT molecular complexity index is 474. The first-order chi connectivity index (χ1) is 9.31. The smallest absolute Gasteiger partial charge is 0.206 e. The van der Waals surface area contributed by atoms with Gasteiger partial charge in [-0.05, 0) is 61.2 Å². The second kappa shape index (κ2) is 5.40. The van der Waals surface area contributed by atoms with Crippen LogP contribution in [0.3, 0.4) is 0 Å². The minimum atomic E-state index is 0.0869. The van der Waals surface area contributed by atoms with E-state index in [9.17, 15) is 4.79 Å². The maximum Gasteiger partial charge on any atom is 0.206 e. The standard InChI is InChI=1S/C19H28O/c1-6-8-15(20)13-16-14(2)9-10-17-18(3,4)11-7-12-19(16,17)5/h16-17H,2,7,9-13H2,1,3-5H3/t16-,17-,19+/m0/s1. The van der Waals surface area contributed by atoms with Crippen LogP contribution >= 0.6 is 0 Å². The molecule has 0 radical (unpaired) electrons. The zero-order valence-electron chi connectivity index (χ0n) is 13.5. The second-order valence-electron chi connectivity index (χ2n) is 7.65. The van der Waals surface area contributed by atoms with Crippen LogP contribution in [0.15, 0.2) is 12.2 Å². The maximum atomic E-state index is 12.0. The van der Waals surface area contributed by atoms with E-state index in [1.807, 2.05) is 0 Å². The molecule has 0 aliphatic heterocycles. The van der Waals surface area contributed by atoms with E-state index in [-0.39, 0.29) is 11.2 Å². The van der Waals surface area contributed by atoms with Gasteiger partial charge in [0.05, 0.1) is 0 Å². The van der Waals surface area contributed by atoms with Crippen LogP contribution in [0.5, 0.6) is 0 Å². The van der Waals surface area contributed by atoms with Crippen LogP contribution in [0.1, 0.15) is 66.2 Å². The van der Waals surface area contributed by atoms with Gasteiger partial charge in [-0.15, -0.1) is 0 Å². The highest BCUT2D eigenvalue weighted by atomic mass is 16.1. The van der Waals surface area contributed by atoms with Gasteiger partial charge in [-0.25, -0.2) is 0 Å². The van der Waals surface area contributed by atoms with Crippen molar-refractivity contribution in [3.8, 4) is 11.8 Å². The fraction of sp³-hybridized carbons (Fsp3) is 0.737. The zero-order chi connectivity index (χ0) is 15.0. The normalized spacial score (nSPS) is 35.7. The van der Waals surface area contributed by atoms with E-state index in [2.05, 4.69) is 39.2 Å². The number of carbonyl (C=O) groups is 1. The average Bonchev–Trinajstić information content (AvgIpc) is 2.33. The third-order valence-corrected chi connectivity index (χ3v) is 5.97. The van der Waals surface area contributed by atoms with Crippen molar-refractivity contribution in [2.45, 2.75) is 66.2 Å². The van der Waals surface area contributed by atoms with Gasteiger partial charge >= 0.3 is 0 Å². The predicted molar refractivity (Wildman–Crippen MR) is 84.2 cm³/mol. The number of carbonyl (C=O) groups excluding carboxylic acids is 1. The Morgan fingerprint density at radius 1 is 1.35 bits per heavy atom. The van der Waals surface area contributed by atoms with Crippen molar-refractivity contribution in [3.63, 3.8) is 0 Å². The molecule has 2 aliphatic rings. The van der Waals surface area contributed by atoms with Crippen molar-refractivity contribution in [1.29, 1.82) is 0 Å². The lowest BCUT2D eigenvalue weighted by atomic mass is 9.47. The van der Waals surface area contributed by atoms with Crippen molar-refractivity contribution in [3.05, 3.63) is 12.2 Å². The quantitative estimate of drug-likeness (QED) is 0.402. The Morgan fingerprint density at radius 2 is 2.05 bits per heavy atom. The Hall–Kier alpha value is -1.03. The highest BCUT2D eigenvalue weighted by Gasteiger charge is 2.52. The summed E-state index contributed by atoms with van der Waals surface area (Å²) in [6.07, 6.45) is 6.72. The Kier molecular flexibility index (Phi) is 4.14. The van der Waals surface area contributed by atoms with Gasteiger partial charge in [-0.2, -0.15) is 0 Å². The van der Waals surface area contributed by atoms with Gasteiger partial charge in [-0.1, -0.05) is 45.3 Å². The van der Waals surface area contributed by atoms with Gasteiger partial charge in [-0.3, -0.25) is 4.79 Å². The van der Waals surface area contributed by atoms with Gasteiger partial charge in [0.15, 0.2) is 0 Å². The summed E-state index contributed by atoms with van der Waals surface area (Å²) in [5.41, 5.74) is 1.92. The molecule has 2 aliphatic carbocycles. The molecule has 3 atom stereocenters. The molecule has 0 spiro atoms. The summed E-state index contributed by atoms with van der Waals surface area (Å²) in [6, 6.07) is 0. The summed E-state index contributed by atoms with van der Waals surface area (Å²) in [7, 11) is 0. The summed E-state index contributed by atoms with van der Waals surface area (Å²) in [5, 5.41) is 0. The largest absolute Gasteiger partial charge is 0.285 e. The SMILES string of the molecule is C=C1CC[C@H]2C(C)(C)CCC[C@]2(C)[C@H]1CC(=O)C#CC. The first-order valence-electron chi connectivity index (χ1n) is 7.94. The van der Waals surface area contributed by atoms with Gasteiger partial charge in [0, 0.05) is 6.42 Å². The molecule has 20 heavy (non-hydrogen) atoms. The molecule has 0 heterocycles. The number of ketones is 1. The van der Waals surface area contributed by atoms with Crippen molar-refractivity contribution >= 4 is 5.78 Å². The van der Waals surface area contributed by atoms with E-state index in [0.717, 1.165) is 6.42 Å². The topological polar surface area (TPSA) is 17.1 Å². The lowest BCUT2D eigenvalue weighted by Gasteiger charge is -2.57. The number of Topliss-reactive ketones (excluding diaryl/α,β-unsaturated/α-hetero) is 1. The lowest BCUT2D eigenvalue weighted by molar-refractivity contribution is -0.118. The van der Waals surface area contributed by atoms with E-state index >= 15 is 0 Å². The summed E-state index contributed by atoms with van der Waals surface area (Å²) in [5.74, 6) is 6.59. The van der Waals surface area contributed by atoms with E-state index in [1.165, 1.54) is 31.3 Å².